The Morgan fingerprint density at radius 2 is 1.53 bits per heavy atom. The molecule has 0 aromatic heterocycles. The molecule has 0 heterocycles. The molecule has 1 nitrogen and oxygen atoms in total. The van der Waals surface area contributed by atoms with E-state index in [1.807, 2.05) is 0 Å². The Balaban J connectivity index is 1.99. The quantitative estimate of drug-likeness (QED) is 0.770. The molecule has 0 aliphatic heterocycles. The maximum atomic E-state index is 2.53. The van der Waals surface area contributed by atoms with Crippen molar-refractivity contribution in [2.24, 2.45) is 0 Å². The second-order valence-electron chi connectivity index (χ2n) is 5.89. The van der Waals surface area contributed by atoms with Crippen LogP contribution in [-0.2, 0) is 32.1 Å². The van der Waals surface area contributed by atoms with Gasteiger partial charge in [0.25, 0.3) is 0 Å². The second-order valence-corrected chi connectivity index (χ2v) is 5.89. The summed E-state index contributed by atoms with van der Waals surface area (Å²) in [5.74, 6) is 0. The summed E-state index contributed by atoms with van der Waals surface area (Å²) in [6, 6.07) is 2.53. The van der Waals surface area contributed by atoms with E-state index < -0.39 is 0 Å². The first-order chi connectivity index (χ1) is 8.25. The zero-order chi connectivity index (χ0) is 11.8. The van der Waals surface area contributed by atoms with Crippen molar-refractivity contribution in [3.05, 3.63) is 33.9 Å². The fourth-order valence-electron chi connectivity index (χ4n) is 3.57. The van der Waals surface area contributed by atoms with E-state index in [9.17, 15) is 0 Å². The smallest absolute Gasteiger partial charge is 0.00159 e. The van der Waals surface area contributed by atoms with Crippen molar-refractivity contribution in [3.8, 4) is 0 Å². The Kier molecular flexibility index (Phi) is 2.96. The molecule has 0 fully saturated rings. The van der Waals surface area contributed by atoms with Gasteiger partial charge >= 0.3 is 0 Å². The number of aryl methyl sites for hydroxylation is 2. The number of hydrogen-bond donors (Lipinski definition) is 0. The normalized spacial score (nSPS) is 17.6. The van der Waals surface area contributed by atoms with Crippen LogP contribution in [0.15, 0.2) is 6.07 Å². The lowest BCUT2D eigenvalue weighted by molar-refractivity contribution is 0.412. The van der Waals surface area contributed by atoms with E-state index in [1.54, 1.807) is 27.8 Å². The molecule has 0 N–H and O–H groups in total. The minimum absolute atomic E-state index is 1.20. The van der Waals surface area contributed by atoms with Crippen LogP contribution in [0.5, 0.6) is 0 Å². The summed E-state index contributed by atoms with van der Waals surface area (Å²) >= 11 is 0. The van der Waals surface area contributed by atoms with E-state index in [0.717, 1.165) is 0 Å². The second kappa shape index (κ2) is 4.45. The van der Waals surface area contributed by atoms with Crippen LogP contribution in [0.1, 0.15) is 40.7 Å². The van der Waals surface area contributed by atoms with Crippen molar-refractivity contribution < 1.29 is 0 Å². The Labute approximate surface area is 105 Å². The summed E-state index contributed by atoms with van der Waals surface area (Å²) in [6.07, 6.45) is 9.37. The maximum Gasteiger partial charge on any atom is 0.00159 e. The van der Waals surface area contributed by atoms with Crippen LogP contribution in [0.2, 0.25) is 0 Å². The van der Waals surface area contributed by atoms with Crippen LogP contribution < -0.4 is 0 Å². The van der Waals surface area contributed by atoms with Gasteiger partial charge in [0, 0.05) is 6.54 Å². The molecule has 1 heteroatoms. The van der Waals surface area contributed by atoms with Crippen molar-refractivity contribution in [1.82, 2.24) is 4.90 Å². The van der Waals surface area contributed by atoms with Gasteiger partial charge in [-0.3, -0.25) is 0 Å². The topological polar surface area (TPSA) is 3.24 Å². The lowest BCUT2D eigenvalue weighted by Crippen LogP contribution is -2.17. The summed E-state index contributed by atoms with van der Waals surface area (Å²) in [6.45, 7) is 1.20. The first kappa shape index (κ1) is 11.3. The van der Waals surface area contributed by atoms with E-state index in [0.29, 0.717) is 0 Å². The number of rotatable bonds is 3. The monoisotopic (exact) mass is 229 g/mol. The van der Waals surface area contributed by atoms with Gasteiger partial charge < -0.3 is 4.90 Å². The summed E-state index contributed by atoms with van der Waals surface area (Å²) in [7, 11) is 4.37. The van der Waals surface area contributed by atoms with Crippen LogP contribution in [0.3, 0.4) is 0 Å². The van der Waals surface area contributed by atoms with Crippen molar-refractivity contribution in [1.29, 1.82) is 0 Å². The third-order valence-corrected chi connectivity index (χ3v) is 4.41. The Bertz CT molecular complexity index is 399. The third kappa shape index (κ3) is 2.01. The van der Waals surface area contributed by atoms with E-state index in [2.05, 4.69) is 25.1 Å². The first-order valence-corrected chi connectivity index (χ1v) is 7.06. The van der Waals surface area contributed by atoms with Gasteiger partial charge in [0.15, 0.2) is 0 Å². The number of fused-ring (bicyclic) bond motifs is 2. The average Bonchev–Trinajstić information content (AvgIpc) is 2.90. The highest BCUT2D eigenvalue weighted by atomic mass is 15.0. The minimum atomic E-state index is 1.20. The molecular formula is C16H23N. The molecule has 0 atom stereocenters. The van der Waals surface area contributed by atoms with Crippen molar-refractivity contribution in [2.45, 2.75) is 44.9 Å². The predicted octanol–water partition coefficient (Wildman–Crippen LogP) is 2.77. The van der Waals surface area contributed by atoms with Gasteiger partial charge in [-0.2, -0.15) is 0 Å². The standard InChI is InChI=1S/C16H23N/c1-17(2)10-9-16-14-7-3-5-12(14)11-13-6-4-8-15(13)16/h11H,3-10H2,1-2H3. The molecule has 2 aliphatic carbocycles. The van der Waals surface area contributed by atoms with Crippen LogP contribution >= 0.6 is 0 Å². The van der Waals surface area contributed by atoms with Gasteiger partial charge in [-0.1, -0.05) is 6.07 Å². The fraction of sp³-hybridized carbons (Fsp3) is 0.625. The van der Waals surface area contributed by atoms with Gasteiger partial charge in [-0.05, 0) is 86.9 Å². The van der Waals surface area contributed by atoms with Crippen LogP contribution in [0.25, 0.3) is 0 Å². The highest BCUT2D eigenvalue weighted by Crippen LogP contribution is 2.35. The Hall–Kier alpha value is -0.820. The third-order valence-electron chi connectivity index (χ3n) is 4.41. The summed E-state index contributed by atoms with van der Waals surface area (Å²) < 4.78 is 0. The molecule has 1 aromatic rings. The Morgan fingerprint density at radius 3 is 2.06 bits per heavy atom. The predicted molar refractivity (Wildman–Crippen MR) is 72.8 cm³/mol. The van der Waals surface area contributed by atoms with E-state index in [-0.39, 0.29) is 0 Å². The zero-order valence-corrected chi connectivity index (χ0v) is 11.2. The molecule has 1 aromatic carbocycles. The average molecular weight is 229 g/mol. The molecule has 17 heavy (non-hydrogen) atoms. The molecule has 0 unspecified atom stereocenters. The summed E-state index contributed by atoms with van der Waals surface area (Å²) in [5.41, 5.74) is 8.56. The number of hydrogen-bond acceptors (Lipinski definition) is 1. The SMILES string of the molecule is CN(C)CCc1c2c(cc3c1CCC3)CCC2. The van der Waals surface area contributed by atoms with Crippen molar-refractivity contribution in [3.63, 3.8) is 0 Å². The van der Waals surface area contributed by atoms with E-state index >= 15 is 0 Å². The van der Waals surface area contributed by atoms with Gasteiger partial charge in [0.05, 0.1) is 0 Å². The lowest BCUT2D eigenvalue weighted by Gasteiger charge is -2.17. The molecule has 0 saturated carbocycles. The molecular weight excluding hydrogens is 206 g/mol. The molecule has 0 bridgehead atoms. The summed E-state index contributed by atoms with van der Waals surface area (Å²) in [5, 5.41) is 0. The number of likely N-dealkylation sites (N-methyl/N-ethyl adjacent to an activating group) is 1. The fourth-order valence-corrected chi connectivity index (χ4v) is 3.57. The van der Waals surface area contributed by atoms with Gasteiger partial charge in [0.2, 0.25) is 0 Å². The zero-order valence-electron chi connectivity index (χ0n) is 11.2. The van der Waals surface area contributed by atoms with Crippen LogP contribution in [-0.4, -0.2) is 25.5 Å². The maximum absolute atomic E-state index is 2.53. The first-order valence-electron chi connectivity index (χ1n) is 7.06. The molecule has 3 rings (SSSR count). The van der Waals surface area contributed by atoms with Crippen LogP contribution in [0, 0.1) is 0 Å². The van der Waals surface area contributed by atoms with Gasteiger partial charge in [0.1, 0.15) is 0 Å². The summed E-state index contributed by atoms with van der Waals surface area (Å²) in [4.78, 5) is 2.32. The highest BCUT2D eigenvalue weighted by molar-refractivity contribution is 5.50. The van der Waals surface area contributed by atoms with Crippen LogP contribution in [0.4, 0.5) is 0 Å². The molecule has 0 spiro atoms. The molecule has 0 saturated heterocycles. The number of nitrogens with zero attached hydrogens (tertiary/aromatic N) is 1. The molecule has 0 amide bonds. The number of benzene rings is 1. The minimum Gasteiger partial charge on any atom is -0.309 e. The largest absolute Gasteiger partial charge is 0.309 e. The molecule has 0 radical (unpaired) electrons. The lowest BCUT2D eigenvalue weighted by atomic mass is 9.92. The van der Waals surface area contributed by atoms with Crippen molar-refractivity contribution >= 4 is 0 Å². The van der Waals surface area contributed by atoms with Gasteiger partial charge in [-0.25, -0.2) is 0 Å². The Morgan fingerprint density at radius 1 is 0.941 bits per heavy atom. The highest BCUT2D eigenvalue weighted by Gasteiger charge is 2.23. The molecule has 2 aliphatic rings. The van der Waals surface area contributed by atoms with Crippen molar-refractivity contribution in [2.75, 3.05) is 20.6 Å². The van der Waals surface area contributed by atoms with Gasteiger partial charge in [-0.15, -0.1) is 0 Å². The molecule has 92 valence electrons. The van der Waals surface area contributed by atoms with E-state index in [1.165, 1.54) is 51.5 Å². The van der Waals surface area contributed by atoms with E-state index in [4.69, 9.17) is 0 Å².